The van der Waals surface area contributed by atoms with Crippen LogP contribution in [0.4, 0.5) is 0 Å². The number of hydrogen-bond donors (Lipinski definition) is 0. The molecule has 0 saturated carbocycles. The zero-order valence-corrected chi connectivity index (χ0v) is 12.3. The summed E-state index contributed by atoms with van der Waals surface area (Å²) in [6.07, 6.45) is 2.08. The van der Waals surface area contributed by atoms with Crippen molar-refractivity contribution in [2.75, 3.05) is 13.6 Å². The Hall–Kier alpha value is -1.12. The van der Waals surface area contributed by atoms with Gasteiger partial charge in [-0.3, -0.25) is 4.98 Å². The molecule has 0 aliphatic carbocycles. The number of likely N-dealkylation sites (N-methyl/N-ethyl adjacent to an activating group) is 1. The van der Waals surface area contributed by atoms with Gasteiger partial charge in [-0.05, 0) is 42.3 Å². The summed E-state index contributed by atoms with van der Waals surface area (Å²) in [6, 6.07) is 6.58. The molecule has 1 aliphatic heterocycles. The van der Waals surface area contributed by atoms with E-state index in [1.807, 2.05) is 0 Å². The first-order chi connectivity index (χ1) is 9.22. The summed E-state index contributed by atoms with van der Waals surface area (Å²) in [4.78, 5) is 7.19. The molecule has 0 amide bonds. The lowest BCUT2D eigenvalue weighted by molar-refractivity contribution is 0.309. The maximum Gasteiger partial charge on any atom is 0.0708 e. The molecule has 1 aromatic heterocycles. The largest absolute Gasteiger partial charge is 0.302 e. The number of aryl methyl sites for hydroxylation is 1. The van der Waals surface area contributed by atoms with Crippen LogP contribution in [0.2, 0.25) is 0 Å². The number of rotatable bonds is 2. The average molecular weight is 275 g/mol. The predicted molar refractivity (Wildman–Crippen MR) is 80.7 cm³/mol. The second kappa shape index (κ2) is 5.10. The van der Waals surface area contributed by atoms with Crippen LogP contribution in [0.25, 0.3) is 10.9 Å². The molecule has 0 spiro atoms. The van der Waals surface area contributed by atoms with Gasteiger partial charge in [0, 0.05) is 36.5 Å². The Labute approximate surface area is 119 Å². The molecule has 0 saturated heterocycles. The van der Waals surface area contributed by atoms with Gasteiger partial charge in [-0.2, -0.15) is 0 Å². The average Bonchev–Trinajstić information content (AvgIpc) is 2.44. The highest BCUT2D eigenvalue weighted by atomic mass is 35.5. The van der Waals surface area contributed by atoms with Gasteiger partial charge in [-0.1, -0.05) is 13.0 Å². The molecule has 0 bridgehead atoms. The van der Waals surface area contributed by atoms with Crippen LogP contribution in [0.1, 0.15) is 29.3 Å². The molecule has 1 aromatic carbocycles. The monoisotopic (exact) mass is 274 g/mol. The second-order valence-electron chi connectivity index (χ2n) is 5.34. The molecule has 1 aliphatic rings. The molecule has 0 fully saturated rings. The summed E-state index contributed by atoms with van der Waals surface area (Å²) >= 11 is 6.24. The van der Waals surface area contributed by atoms with Crippen molar-refractivity contribution in [2.45, 2.75) is 32.2 Å². The summed E-state index contributed by atoms with van der Waals surface area (Å²) in [5, 5.41) is 1.24. The lowest BCUT2D eigenvalue weighted by Gasteiger charge is -2.27. The SMILES string of the molecule is CCc1ccc2nc3c(c(CCl)c2c1)CN(C)CC3. The highest BCUT2D eigenvalue weighted by Gasteiger charge is 2.20. The summed E-state index contributed by atoms with van der Waals surface area (Å²) in [7, 11) is 2.16. The van der Waals surface area contributed by atoms with Crippen LogP contribution in [-0.4, -0.2) is 23.5 Å². The number of hydrogen-bond acceptors (Lipinski definition) is 2. The number of nitrogens with zero attached hydrogens (tertiary/aromatic N) is 2. The van der Waals surface area contributed by atoms with Gasteiger partial charge in [-0.25, -0.2) is 0 Å². The first-order valence-electron chi connectivity index (χ1n) is 6.90. The molecule has 2 nitrogen and oxygen atoms in total. The van der Waals surface area contributed by atoms with Gasteiger partial charge >= 0.3 is 0 Å². The highest BCUT2D eigenvalue weighted by Crippen LogP contribution is 2.29. The topological polar surface area (TPSA) is 16.1 Å². The van der Waals surface area contributed by atoms with Crippen molar-refractivity contribution in [2.24, 2.45) is 0 Å². The Morgan fingerprint density at radius 3 is 2.95 bits per heavy atom. The zero-order valence-electron chi connectivity index (χ0n) is 11.5. The van der Waals surface area contributed by atoms with E-state index in [0.29, 0.717) is 5.88 Å². The Kier molecular flexibility index (Phi) is 3.46. The van der Waals surface area contributed by atoms with Crippen molar-refractivity contribution in [1.29, 1.82) is 0 Å². The van der Waals surface area contributed by atoms with Gasteiger partial charge < -0.3 is 4.90 Å². The zero-order chi connectivity index (χ0) is 13.4. The van der Waals surface area contributed by atoms with Crippen molar-refractivity contribution in [3.63, 3.8) is 0 Å². The number of halogens is 1. The fraction of sp³-hybridized carbons (Fsp3) is 0.438. The molecule has 3 heteroatoms. The third-order valence-electron chi connectivity index (χ3n) is 4.05. The van der Waals surface area contributed by atoms with E-state index >= 15 is 0 Å². The normalized spacial score (nSPS) is 15.7. The molecule has 0 atom stereocenters. The van der Waals surface area contributed by atoms with Crippen LogP contribution in [0.15, 0.2) is 18.2 Å². The molecule has 2 heterocycles. The van der Waals surface area contributed by atoms with Crippen molar-refractivity contribution >= 4 is 22.5 Å². The van der Waals surface area contributed by atoms with Crippen LogP contribution in [0, 0.1) is 0 Å². The molecular formula is C16H19ClN2. The smallest absolute Gasteiger partial charge is 0.0708 e. The van der Waals surface area contributed by atoms with Crippen molar-refractivity contribution in [1.82, 2.24) is 9.88 Å². The Morgan fingerprint density at radius 1 is 1.37 bits per heavy atom. The van der Waals surface area contributed by atoms with E-state index in [0.717, 1.165) is 31.4 Å². The van der Waals surface area contributed by atoms with Crippen molar-refractivity contribution < 1.29 is 0 Å². The molecule has 3 rings (SSSR count). The van der Waals surface area contributed by atoms with Crippen LogP contribution in [0.3, 0.4) is 0 Å². The molecule has 0 radical (unpaired) electrons. The minimum absolute atomic E-state index is 0.572. The van der Waals surface area contributed by atoms with E-state index in [9.17, 15) is 0 Å². The molecule has 100 valence electrons. The Balaban J connectivity index is 2.27. The fourth-order valence-corrected chi connectivity index (χ4v) is 3.19. The van der Waals surface area contributed by atoms with Gasteiger partial charge in [-0.15, -0.1) is 11.6 Å². The van der Waals surface area contributed by atoms with Crippen molar-refractivity contribution in [3.05, 3.63) is 40.6 Å². The number of aromatic nitrogens is 1. The van der Waals surface area contributed by atoms with E-state index in [2.05, 4.69) is 37.1 Å². The standard InChI is InChI=1S/C16H19ClN2/c1-3-11-4-5-15-12(8-11)13(9-17)14-10-19(2)7-6-16(14)18-15/h4-5,8H,3,6-7,9-10H2,1-2H3. The number of alkyl halides is 1. The summed E-state index contributed by atoms with van der Waals surface area (Å²) in [6.45, 7) is 4.23. The first-order valence-corrected chi connectivity index (χ1v) is 7.44. The number of fused-ring (bicyclic) bond motifs is 2. The van der Waals surface area contributed by atoms with Crippen LogP contribution in [-0.2, 0) is 25.3 Å². The maximum absolute atomic E-state index is 6.24. The summed E-state index contributed by atoms with van der Waals surface area (Å²) in [5.41, 5.74) is 6.32. The Bertz CT molecular complexity index is 622. The molecule has 0 N–H and O–H groups in total. The molecule has 2 aromatic rings. The highest BCUT2D eigenvalue weighted by molar-refractivity contribution is 6.18. The van der Waals surface area contributed by atoms with Crippen LogP contribution in [0.5, 0.6) is 0 Å². The van der Waals surface area contributed by atoms with Crippen LogP contribution >= 0.6 is 11.6 Å². The van der Waals surface area contributed by atoms with Crippen LogP contribution < -0.4 is 0 Å². The van der Waals surface area contributed by atoms with E-state index in [1.165, 1.54) is 27.8 Å². The lowest BCUT2D eigenvalue weighted by atomic mass is 9.96. The summed E-state index contributed by atoms with van der Waals surface area (Å²) < 4.78 is 0. The fourth-order valence-electron chi connectivity index (χ4n) is 2.88. The quantitative estimate of drug-likeness (QED) is 0.779. The van der Waals surface area contributed by atoms with E-state index in [4.69, 9.17) is 16.6 Å². The Morgan fingerprint density at radius 2 is 2.21 bits per heavy atom. The number of benzene rings is 1. The van der Waals surface area contributed by atoms with Gasteiger partial charge in [0.25, 0.3) is 0 Å². The first kappa shape index (κ1) is 12.9. The van der Waals surface area contributed by atoms with Crippen molar-refractivity contribution in [3.8, 4) is 0 Å². The second-order valence-corrected chi connectivity index (χ2v) is 5.61. The summed E-state index contributed by atoms with van der Waals surface area (Å²) in [5.74, 6) is 0.572. The van der Waals surface area contributed by atoms with Gasteiger partial charge in [0.05, 0.1) is 5.52 Å². The van der Waals surface area contributed by atoms with Gasteiger partial charge in [0.1, 0.15) is 0 Å². The molecular weight excluding hydrogens is 256 g/mol. The third kappa shape index (κ3) is 2.24. The van der Waals surface area contributed by atoms with Gasteiger partial charge in [0.15, 0.2) is 0 Å². The van der Waals surface area contributed by atoms with E-state index < -0.39 is 0 Å². The van der Waals surface area contributed by atoms with E-state index in [1.54, 1.807) is 0 Å². The molecule has 0 unspecified atom stereocenters. The van der Waals surface area contributed by atoms with E-state index in [-0.39, 0.29) is 0 Å². The number of pyridine rings is 1. The predicted octanol–water partition coefficient (Wildman–Crippen LogP) is 3.52. The third-order valence-corrected chi connectivity index (χ3v) is 4.32. The molecule has 19 heavy (non-hydrogen) atoms. The van der Waals surface area contributed by atoms with Gasteiger partial charge in [0.2, 0.25) is 0 Å². The lowest BCUT2D eigenvalue weighted by Crippen LogP contribution is -2.28. The minimum Gasteiger partial charge on any atom is -0.302 e. The minimum atomic E-state index is 0.572. The maximum atomic E-state index is 6.24.